The van der Waals surface area contributed by atoms with E-state index in [1.807, 2.05) is 42.3 Å². The fourth-order valence-electron chi connectivity index (χ4n) is 2.21. The van der Waals surface area contributed by atoms with Crippen molar-refractivity contribution in [2.24, 2.45) is 0 Å². The van der Waals surface area contributed by atoms with Gasteiger partial charge in [0.05, 0.1) is 18.1 Å². The van der Waals surface area contributed by atoms with E-state index in [1.54, 1.807) is 11.8 Å². The Bertz CT molecular complexity index is 438. The lowest BCUT2D eigenvalue weighted by molar-refractivity contribution is -0.0570. The monoisotopic (exact) mass is 299 g/mol. The standard InChI is InChI=1S/C14H18ClNO2S/c1-10-8-16(9-12(7-15)18-10)14(17)11-3-5-13(19-2)6-4-11/h3-6,10,12H,7-9H2,1-2H3. The third-order valence-electron chi connectivity index (χ3n) is 3.12. The molecule has 0 bridgehead atoms. The van der Waals surface area contributed by atoms with Gasteiger partial charge in [-0.05, 0) is 37.4 Å². The average Bonchev–Trinajstić information content (AvgIpc) is 2.46. The molecular weight excluding hydrogens is 282 g/mol. The molecule has 19 heavy (non-hydrogen) atoms. The van der Waals surface area contributed by atoms with Gasteiger partial charge in [-0.2, -0.15) is 0 Å². The Morgan fingerprint density at radius 2 is 2.11 bits per heavy atom. The maximum atomic E-state index is 12.4. The molecule has 2 rings (SSSR count). The van der Waals surface area contributed by atoms with Gasteiger partial charge in [0.15, 0.2) is 0 Å². The molecule has 5 heteroatoms. The average molecular weight is 300 g/mol. The number of carbonyl (C=O) groups excluding carboxylic acids is 1. The molecule has 0 N–H and O–H groups in total. The van der Waals surface area contributed by atoms with Gasteiger partial charge < -0.3 is 9.64 Å². The number of nitrogens with zero attached hydrogens (tertiary/aromatic N) is 1. The quantitative estimate of drug-likeness (QED) is 0.635. The molecule has 1 amide bonds. The molecular formula is C14H18ClNO2S. The molecule has 0 aromatic heterocycles. The van der Waals surface area contributed by atoms with E-state index in [-0.39, 0.29) is 18.1 Å². The molecule has 1 aliphatic heterocycles. The second-order valence-electron chi connectivity index (χ2n) is 4.66. The molecule has 1 aromatic rings. The van der Waals surface area contributed by atoms with Crippen molar-refractivity contribution in [1.29, 1.82) is 0 Å². The number of ether oxygens (including phenoxy) is 1. The first-order valence-corrected chi connectivity index (χ1v) is 8.04. The summed E-state index contributed by atoms with van der Waals surface area (Å²) in [5.74, 6) is 0.470. The predicted octanol–water partition coefficient (Wildman–Crippen LogP) is 2.88. The summed E-state index contributed by atoms with van der Waals surface area (Å²) < 4.78 is 5.66. The van der Waals surface area contributed by atoms with Gasteiger partial charge in [0.1, 0.15) is 0 Å². The van der Waals surface area contributed by atoms with E-state index in [1.165, 1.54) is 0 Å². The Kier molecular flexibility index (Phi) is 5.13. The van der Waals surface area contributed by atoms with Crippen molar-refractivity contribution in [3.63, 3.8) is 0 Å². The number of benzene rings is 1. The highest BCUT2D eigenvalue weighted by Crippen LogP contribution is 2.18. The minimum absolute atomic E-state index is 0.0342. The summed E-state index contributed by atoms with van der Waals surface area (Å²) in [6, 6.07) is 7.70. The van der Waals surface area contributed by atoms with Crippen molar-refractivity contribution < 1.29 is 9.53 Å². The van der Waals surface area contributed by atoms with Crippen LogP contribution in [0.25, 0.3) is 0 Å². The van der Waals surface area contributed by atoms with Gasteiger partial charge in [0, 0.05) is 23.5 Å². The van der Waals surface area contributed by atoms with Gasteiger partial charge in [-0.25, -0.2) is 0 Å². The van der Waals surface area contributed by atoms with Gasteiger partial charge in [-0.3, -0.25) is 4.79 Å². The van der Waals surface area contributed by atoms with Crippen LogP contribution in [0.3, 0.4) is 0 Å². The van der Waals surface area contributed by atoms with Crippen LogP contribution in [0.1, 0.15) is 17.3 Å². The van der Waals surface area contributed by atoms with Crippen molar-refractivity contribution >= 4 is 29.3 Å². The Morgan fingerprint density at radius 1 is 1.42 bits per heavy atom. The second kappa shape index (κ2) is 6.64. The lowest BCUT2D eigenvalue weighted by atomic mass is 10.1. The Morgan fingerprint density at radius 3 is 2.68 bits per heavy atom. The van der Waals surface area contributed by atoms with Crippen LogP contribution >= 0.6 is 23.4 Å². The van der Waals surface area contributed by atoms with E-state index in [0.29, 0.717) is 19.0 Å². The Labute approximate surface area is 123 Å². The zero-order chi connectivity index (χ0) is 13.8. The molecule has 0 aliphatic carbocycles. The third-order valence-corrected chi connectivity index (χ3v) is 4.21. The summed E-state index contributed by atoms with van der Waals surface area (Å²) in [7, 11) is 0. The first-order valence-electron chi connectivity index (χ1n) is 6.28. The molecule has 1 heterocycles. The number of alkyl halides is 1. The van der Waals surface area contributed by atoms with Gasteiger partial charge in [0.25, 0.3) is 5.91 Å². The number of halogens is 1. The van der Waals surface area contributed by atoms with Crippen LogP contribution < -0.4 is 0 Å². The summed E-state index contributed by atoms with van der Waals surface area (Å²) in [5.41, 5.74) is 0.722. The summed E-state index contributed by atoms with van der Waals surface area (Å²) >= 11 is 7.50. The smallest absolute Gasteiger partial charge is 0.254 e. The predicted molar refractivity (Wildman–Crippen MR) is 79.2 cm³/mol. The Balaban J connectivity index is 2.09. The topological polar surface area (TPSA) is 29.5 Å². The number of thioether (sulfide) groups is 1. The van der Waals surface area contributed by atoms with Crippen molar-refractivity contribution in [1.82, 2.24) is 4.90 Å². The van der Waals surface area contributed by atoms with Crippen molar-refractivity contribution in [2.75, 3.05) is 25.2 Å². The van der Waals surface area contributed by atoms with E-state index < -0.39 is 0 Å². The number of carbonyl (C=O) groups is 1. The number of hydrogen-bond acceptors (Lipinski definition) is 3. The molecule has 2 unspecified atom stereocenters. The lowest BCUT2D eigenvalue weighted by Crippen LogP contribution is -2.49. The van der Waals surface area contributed by atoms with Crippen molar-refractivity contribution in [3.05, 3.63) is 29.8 Å². The minimum atomic E-state index is -0.0696. The molecule has 1 fully saturated rings. The van der Waals surface area contributed by atoms with Crippen LogP contribution in [-0.4, -0.2) is 48.2 Å². The van der Waals surface area contributed by atoms with E-state index in [2.05, 4.69) is 0 Å². The maximum Gasteiger partial charge on any atom is 0.254 e. The zero-order valence-corrected chi connectivity index (χ0v) is 12.7. The summed E-state index contributed by atoms with van der Waals surface area (Å²) in [4.78, 5) is 15.4. The van der Waals surface area contributed by atoms with E-state index >= 15 is 0 Å². The van der Waals surface area contributed by atoms with Gasteiger partial charge in [-0.1, -0.05) is 0 Å². The van der Waals surface area contributed by atoms with Crippen LogP contribution in [0.4, 0.5) is 0 Å². The van der Waals surface area contributed by atoms with Crippen LogP contribution in [-0.2, 0) is 4.74 Å². The van der Waals surface area contributed by atoms with Gasteiger partial charge in [0.2, 0.25) is 0 Å². The lowest BCUT2D eigenvalue weighted by Gasteiger charge is -2.36. The first-order chi connectivity index (χ1) is 9.13. The van der Waals surface area contributed by atoms with Crippen molar-refractivity contribution in [3.8, 4) is 0 Å². The van der Waals surface area contributed by atoms with Crippen LogP contribution in [0.15, 0.2) is 29.2 Å². The third kappa shape index (κ3) is 3.65. The molecule has 0 radical (unpaired) electrons. The van der Waals surface area contributed by atoms with E-state index in [0.717, 1.165) is 10.5 Å². The van der Waals surface area contributed by atoms with Gasteiger partial charge in [-0.15, -0.1) is 23.4 Å². The molecule has 0 spiro atoms. The molecule has 2 atom stereocenters. The van der Waals surface area contributed by atoms with Crippen LogP contribution in [0.5, 0.6) is 0 Å². The van der Waals surface area contributed by atoms with Crippen molar-refractivity contribution in [2.45, 2.75) is 24.0 Å². The summed E-state index contributed by atoms with van der Waals surface area (Å²) in [5, 5.41) is 0. The molecule has 3 nitrogen and oxygen atoms in total. The first kappa shape index (κ1) is 14.7. The number of morpholine rings is 1. The fraction of sp³-hybridized carbons (Fsp3) is 0.500. The highest BCUT2D eigenvalue weighted by atomic mass is 35.5. The van der Waals surface area contributed by atoms with E-state index in [4.69, 9.17) is 16.3 Å². The normalized spacial score (nSPS) is 23.4. The van der Waals surface area contributed by atoms with Crippen LogP contribution in [0.2, 0.25) is 0 Å². The zero-order valence-electron chi connectivity index (χ0n) is 11.1. The minimum Gasteiger partial charge on any atom is -0.370 e. The SMILES string of the molecule is CSc1ccc(C(=O)N2CC(C)OC(CCl)C2)cc1. The molecule has 1 aliphatic rings. The fourth-order valence-corrected chi connectivity index (χ4v) is 2.79. The van der Waals surface area contributed by atoms with E-state index in [9.17, 15) is 4.79 Å². The molecule has 1 saturated heterocycles. The van der Waals surface area contributed by atoms with Gasteiger partial charge >= 0.3 is 0 Å². The highest BCUT2D eigenvalue weighted by molar-refractivity contribution is 7.98. The number of amides is 1. The largest absolute Gasteiger partial charge is 0.370 e. The molecule has 1 aromatic carbocycles. The number of hydrogen-bond donors (Lipinski definition) is 0. The molecule has 104 valence electrons. The second-order valence-corrected chi connectivity index (χ2v) is 5.85. The molecule has 0 saturated carbocycles. The number of rotatable bonds is 3. The van der Waals surface area contributed by atoms with Crippen LogP contribution in [0, 0.1) is 0 Å². The maximum absolute atomic E-state index is 12.4. The summed E-state index contributed by atoms with van der Waals surface area (Å²) in [6.45, 7) is 3.16. The Hall–Kier alpha value is -0.710. The highest BCUT2D eigenvalue weighted by Gasteiger charge is 2.28. The summed E-state index contributed by atoms with van der Waals surface area (Å²) in [6.07, 6.45) is 1.98.